The Morgan fingerprint density at radius 3 is 2.56 bits per heavy atom. The predicted molar refractivity (Wildman–Crippen MR) is 118 cm³/mol. The van der Waals surface area contributed by atoms with E-state index in [9.17, 15) is 4.79 Å². The lowest BCUT2D eigenvalue weighted by Crippen LogP contribution is -2.29. The van der Waals surface area contributed by atoms with Crippen LogP contribution < -0.4 is 19.5 Å². The highest BCUT2D eigenvalue weighted by molar-refractivity contribution is 5.78. The lowest BCUT2D eigenvalue weighted by atomic mass is 10.1. The molecule has 0 saturated heterocycles. The molecule has 2 aromatic carbocycles. The molecule has 0 spiro atoms. The average Bonchev–Trinajstić information content (AvgIpc) is 3.25. The molecular weight excluding hydrogens is 410 g/mol. The fourth-order valence-corrected chi connectivity index (χ4v) is 3.15. The fourth-order valence-electron chi connectivity index (χ4n) is 3.15. The average molecular weight is 433 g/mol. The van der Waals surface area contributed by atoms with Crippen LogP contribution in [0.4, 0.5) is 0 Å². The number of aromatic nitrogens is 4. The van der Waals surface area contributed by atoms with Crippen LogP contribution in [0.25, 0.3) is 17.0 Å². The van der Waals surface area contributed by atoms with Crippen LogP contribution in [-0.2, 0) is 11.2 Å². The summed E-state index contributed by atoms with van der Waals surface area (Å²) in [5.74, 6) is 2.40. The number of nitrogens with one attached hydrogen (secondary N) is 1. The SMILES string of the molecule is COc1ccc(-c2nnc3ccc(OCCNC(=O)Cc4cccc(OC)c4)nn23)cc1. The summed E-state index contributed by atoms with van der Waals surface area (Å²) >= 11 is 0. The molecule has 2 aromatic heterocycles. The van der Waals surface area contributed by atoms with Crippen molar-refractivity contribution in [3.63, 3.8) is 0 Å². The number of ether oxygens (including phenoxy) is 3. The van der Waals surface area contributed by atoms with E-state index in [-0.39, 0.29) is 18.9 Å². The fraction of sp³-hybridized carbons (Fsp3) is 0.217. The van der Waals surface area contributed by atoms with Crippen molar-refractivity contribution in [1.82, 2.24) is 25.1 Å². The minimum Gasteiger partial charge on any atom is -0.497 e. The van der Waals surface area contributed by atoms with E-state index in [0.717, 1.165) is 22.6 Å². The van der Waals surface area contributed by atoms with Crippen molar-refractivity contribution < 1.29 is 19.0 Å². The molecule has 4 aromatic rings. The summed E-state index contributed by atoms with van der Waals surface area (Å²) in [4.78, 5) is 12.2. The maximum atomic E-state index is 12.2. The van der Waals surface area contributed by atoms with E-state index in [1.165, 1.54) is 0 Å². The molecule has 2 heterocycles. The minimum atomic E-state index is -0.0918. The molecule has 0 saturated carbocycles. The second-order valence-corrected chi connectivity index (χ2v) is 6.92. The van der Waals surface area contributed by atoms with Crippen molar-refractivity contribution in [1.29, 1.82) is 0 Å². The molecule has 0 radical (unpaired) electrons. The number of rotatable bonds is 9. The number of hydrogen-bond donors (Lipinski definition) is 1. The van der Waals surface area contributed by atoms with Crippen LogP contribution in [0.5, 0.6) is 17.4 Å². The molecule has 0 aliphatic carbocycles. The monoisotopic (exact) mass is 433 g/mol. The zero-order valence-corrected chi connectivity index (χ0v) is 17.8. The summed E-state index contributed by atoms with van der Waals surface area (Å²) in [5.41, 5.74) is 2.34. The Labute approximate surface area is 185 Å². The Bertz CT molecular complexity index is 1210. The molecule has 0 aliphatic heterocycles. The van der Waals surface area contributed by atoms with Gasteiger partial charge in [0.05, 0.1) is 27.2 Å². The summed E-state index contributed by atoms with van der Waals surface area (Å²) in [6.07, 6.45) is 0.271. The van der Waals surface area contributed by atoms with Crippen molar-refractivity contribution >= 4 is 11.6 Å². The summed E-state index contributed by atoms with van der Waals surface area (Å²) in [6.45, 7) is 0.637. The zero-order chi connectivity index (χ0) is 22.3. The Morgan fingerprint density at radius 1 is 0.969 bits per heavy atom. The third-order valence-electron chi connectivity index (χ3n) is 4.76. The number of carbonyl (C=O) groups excluding carboxylic acids is 1. The molecule has 32 heavy (non-hydrogen) atoms. The minimum absolute atomic E-state index is 0.0918. The van der Waals surface area contributed by atoms with Crippen LogP contribution in [0.3, 0.4) is 0 Å². The molecule has 4 rings (SSSR count). The van der Waals surface area contributed by atoms with E-state index in [0.29, 0.717) is 23.9 Å². The maximum Gasteiger partial charge on any atom is 0.231 e. The molecule has 0 atom stereocenters. The van der Waals surface area contributed by atoms with Gasteiger partial charge in [0.25, 0.3) is 0 Å². The van der Waals surface area contributed by atoms with Gasteiger partial charge in [-0.2, -0.15) is 4.52 Å². The first-order chi connectivity index (χ1) is 15.7. The molecule has 1 amide bonds. The Kier molecular flexibility index (Phi) is 6.45. The van der Waals surface area contributed by atoms with E-state index in [1.54, 1.807) is 30.9 Å². The number of nitrogens with zero attached hydrogens (tertiary/aromatic N) is 4. The summed E-state index contributed by atoms with van der Waals surface area (Å²) < 4.78 is 17.7. The third-order valence-corrected chi connectivity index (χ3v) is 4.76. The summed E-state index contributed by atoms with van der Waals surface area (Å²) in [5, 5.41) is 15.7. The number of carbonyl (C=O) groups is 1. The zero-order valence-electron chi connectivity index (χ0n) is 17.8. The van der Waals surface area contributed by atoms with E-state index >= 15 is 0 Å². The van der Waals surface area contributed by atoms with Crippen molar-refractivity contribution in [3.8, 4) is 28.8 Å². The highest BCUT2D eigenvalue weighted by atomic mass is 16.5. The summed E-state index contributed by atoms with van der Waals surface area (Å²) in [7, 11) is 3.22. The third kappa shape index (κ3) is 4.94. The van der Waals surface area contributed by atoms with Gasteiger partial charge >= 0.3 is 0 Å². The number of methoxy groups -OCH3 is 2. The van der Waals surface area contributed by atoms with Crippen LogP contribution in [0.1, 0.15) is 5.56 Å². The molecule has 0 fully saturated rings. The first kappa shape index (κ1) is 21.1. The highest BCUT2D eigenvalue weighted by Gasteiger charge is 2.11. The van der Waals surface area contributed by atoms with Gasteiger partial charge in [-0.3, -0.25) is 4.79 Å². The second-order valence-electron chi connectivity index (χ2n) is 6.92. The van der Waals surface area contributed by atoms with Gasteiger partial charge in [0.2, 0.25) is 11.8 Å². The van der Waals surface area contributed by atoms with Crippen LogP contribution in [-0.4, -0.2) is 53.1 Å². The van der Waals surface area contributed by atoms with Crippen molar-refractivity contribution in [3.05, 3.63) is 66.2 Å². The van der Waals surface area contributed by atoms with Gasteiger partial charge < -0.3 is 19.5 Å². The first-order valence-electron chi connectivity index (χ1n) is 10.1. The van der Waals surface area contributed by atoms with Crippen LogP contribution in [0, 0.1) is 0 Å². The van der Waals surface area contributed by atoms with Crippen LogP contribution in [0.2, 0.25) is 0 Å². The largest absolute Gasteiger partial charge is 0.497 e. The molecule has 0 bridgehead atoms. The molecular formula is C23H23N5O4. The normalized spacial score (nSPS) is 10.7. The Morgan fingerprint density at radius 2 is 1.78 bits per heavy atom. The number of hydrogen-bond acceptors (Lipinski definition) is 7. The standard InChI is InChI=1S/C23H23N5O4/c1-30-18-8-6-17(7-9-18)23-26-25-20-10-11-22(27-28(20)23)32-13-12-24-21(29)15-16-4-3-5-19(14-16)31-2/h3-11,14H,12-13,15H2,1-2H3,(H,24,29). The van der Waals surface area contributed by atoms with E-state index in [2.05, 4.69) is 20.6 Å². The molecule has 9 nitrogen and oxygen atoms in total. The second kappa shape index (κ2) is 9.78. The molecule has 1 N–H and O–H groups in total. The van der Waals surface area contributed by atoms with Gasteiger partial charge in [-0.05, 0) is 48.0 Å². The van der Waals surface area contributed by atoms with Crippen molar-refractivity contribution in [2.45, 2.75) is 6.42 Å². The lowest BCUT2D eigenvalue weighted by Gasteiger charge is -2.08. The number of benzene rings is 2. The Hall–Kier alpha value is -4.14. The molecule has 9 heteroatoms. The molecule has 0 unspecified atom stereocenters. The lowest BCUT2D eigenvalue weighted by molar-refractivity contribution is -0.120. The van der Waals surface area contributed by atoms with Gasteiger partial charge in [0.15, 0.2) is 11.5 Å². The highest BCUT2D eigenvalue weighted by Crippen LogP contribution is 2.21. The van der Waals surface area contributed by atoms with Gasteiger partial charge in [-0.1, -0.05) is 12.1 Å². The number of amides is 1. The van der Waals surface area contributed by atoms with Crippen LogP contribution >= 0.6 is 0 Å². The van der Waals surface area contributed by atoms with E-state index < -0.39 is 0 Å². The predicted octanol–water partition coefficient (Wildman–Crippen LogP) is 2.55. The van der Waals surface area contributed by atoms with Gasteiger partial charge in [0, 0.05) is 11.6 Å². The van der Waals surface area contributed by atoms with E-state index in [4.69, 9.17) is 14.2 Å². The van der Waals surface area contributed by atoms with Gasteiger partial charge in [-0.25, -0.2) is 0 Å². The first-order valence-corrected chi connectivity index (χ1v) is 10.1. The Balaban J connectivity index is 1.33. The quantitative estimate of drug-likeness (QED) is 0.405. The van der Waals surface area contributed by atoms with Gasteiger partial charge in [0.1, 0.15) is 18.1 Å². The van der Waals surface area contributed by atoms with Crippen LogP contribution in [0.15, 0.2) is 60.7 Å². The van der Waals surface area contributed by atoms with E-state index in [1.807, 2.05) is 48.5 Å². The van der Waals surface area contributed by atoms with Gasteiger partial charge in [-0.15, -0.1) is 15.3 Å². The topological polar surface area (TPSA) is 99.9 Å². The summed E-state index contributed by atoms with van der Waals surface area (Å²) in [6, 6.07) is 18.4. The van der Waals surface area contributed by atoms with Crippen molar-refractivity contribution in [2.75, 3.05) is 27.4 Å². The molecule has 164 valence electrons. The maximum absolute atomic E-state index is 12.2. The smallest absolute Gasteiger partial charge is 0.231 e. The number of fused-ring (bicyclic) bond motifs is 1. The molecule has 0 aliphatic rings. The van der Waals surface area contributed by atoms with Crippen molar-refractivity contribution in [2.24, 2.45) is 0 Å².